The van der Waals surface area contributed by atoms with Crippen molar-refractivity contribution in [1.29, 1.82) is 0 Å². The fourth-order valence-corrected chi connectivity index (χ4v) is 5.82. The monoisotopic (exact) mass is 708 g/mol. The molecule has 272 valence electrons. The quantitative estimate of drug-likeness (QED) is 0.0579. The van der Waals surface area contributed by atoms with Crippen LogP contribution in [0.15, 0.2) is 121 Å². The van der Waals surface area contributed by atoms with Gasteiger partial charge in [-0.25, -0.2) is 19.2 Å². The van der Waals surface area contributed by atoms with Crippen molar-refractivity contribution >= 4 is 23.9 Å². The van der Waals surface area contributed by atoms with Crippen LogP contribution in [0.25, 0.3) is 0 Å². The van der Waals surface area contributed by atoms with E-state index in [0.717, 1.165) is 32.1 Å². The van der Waals surface area contributed by atoms with Crippen LogP contribution in [0.4, 0.5) is 0 Å². The van der Waals surface area contributed by atoms with Crippen molar-refractivity contribution in [3.05, 3.63) is 144 Å². The Hall–Kier alpha value is -5.32. The Balaban J connectivity index is 1.50. The lowest BCUT2D eigenvalue weighted by Gasteiger charge is -2.34. The summed E-state index contributed by atoms with van der Waals surface area (Å²) in [4.78, 5) is 53.7. The van der Waals surface area contributed by atoms with Crippen LogP contribution in [0, 0.1) is 0 Å². The van der Waals surface area contributed by atoms with Crippen molar-refractivity contribution in [2.75, 3.05) is 19.8 Å². The van der Waals surface area contributed by atoms with E-state index in [0.29, 0.717) is 12.0 Å². The van der Waals surface area contributed by atoms with Gasteiger partial charge >= 0.3 is 23.9 Å². The largest absolute Gasteiger partial charge is 0.459 e. The lowest BCUT2D eigenvalue weighted by molar-refractivity contribution is -0.275. The fraction of sp³-hybridized carbons (Fsp3) is 0.333. The molecule has 0 saturated carbocycles. The zero-order valence-electron chi connectivity index (χ0n) is 29.2. The van der Waals surface area contributed by atoms with Crippen LogP contribution < -0.4 is 0 Å². The van der Waals surface area contributed by atoms with Crippen LogP contribution in [-0.2, 0) is 28.4 Å². The van der Waals surface area contributed by atoms with Crippen molar-refractivity contribution in [3.63, 3.8) is 0 Å². The number of carbonyl (C=O) groups excluding carboxylic acids is 4. The van der Waals surface area contributed by atoms with Crippen LogP contribution in [0.3, 0.4) is 0 Å². The summed E-state index contributed by atoms with van der Waals surface area (Å²) in [6.07, 6.45) is 1.77. The van der Waals surface area contributed by atoms with Gasteiger partial charge in [-0.15, -0.1) is 0 Å². The van der Waals surface area contributed by atoms with Crippen molar-refractivity contribution < 1.29 is 47.6 Å². The van der Waals surface area contributed by atoms with E-state index in [2.05, 4.69) is 6.92 Å². The maximum absolute atomic E-state index is 13.7. The number of hydrogen-bond donors (Lipinski definition) is 0. The van der Waals surface area contributed by atoms with Crippen molar-refractivity contribution in [2.24, 2.45) is 0 Å². The number of hydrogen-bond acceptors (Lipinski definition) is 10. The highest BCUT2D eigenvalue weighted by Crippen LogP contribution is 2.39. The third-order valence-electron chi connectivity index (χ3n) is 8.59. The number of ether oxygens (including phenoxy) is 6. The first-order valence-electron chi connectivity index (χ1n) is 17.7. The second-order valence-electron chi connectivity index (χ2n) is 12.4. The second kappa shape index (κ2) is 19.3. The zero-order chi connectivity index (χ0) is 36.6. The Morgan fingerprint density at radius 1 is 0.558 bits per heavy atom. The number of carbonyl (C=O) groups is 4. The fourth-order valence-electron chi connectivity index (χ4n) is 5.82. The van der Waals surface area contributed by atoms with Crippen LogP contribution in [0.2, 0.25) is 0 Å². The summed E-state index contributed by atoms with van der Waals surface area (Å²) in [5.41, 5.74) is 1.04. The van der Waals surface area contributed by atoms with Gasteiger partial charge in [-0.3, -0.25) is 0 Å². The molecule has 1 saturated heterocycles. The highest BCUT2D eigenvalue weighted by molar-refractivity contribution is 5.91. The standard InChI is InChI=1S/C42H44O10/c1-2-3-4-5-6-19-28-49-42(30-48-39(44)32-22-13-8-14-23-32)37(51-41(46)34-26-17-10-18-27-34)36(50-40(45)33-24-15-9-16-25-33)35(52-42)29-47-38(43)31-20-11-7-12-21-31/h7-18,20-27,35-37H,2-6,19,28-30H2,1H3/t35-,36-,37+,42+/m1/s1. The molecular weight excluding hydrogens is 664 g/mol. The topological polar surface area (TPSA) is 124 Å². The molecule has 1 heterocycles. The summed E-state index contributed by atoms with van der Waals surface area (Å²) in [5, 5.41) is 0. The summed E-state index contributed by atoms with van der Waals surface area (Å²) >= 11 is 0. The first-order chi connectivity index (χ1) is 25.4. The summed E-state index contributed by atoms with van der Waals surface area (Å²) in [7, 11) is 0. The molecule has 0 spiro atoms. The molecule has 4 aromatic rings. The number of rotatable bonds is 18. The first kappa shape index (κ1) is 37.9. The van der Waals surface area contributed by atoms with E-state index in [9.17, 15) is 19.2 Å². The van der Waals surface area contributed by atoms with Crippen molar-refractivity contribution in [3.8, 4) is 0 Å². The SMILES string of the molecule is CCCCCCCCO[C@@]1(COC(=O)c2ccccc2)O[C@H](COC(=O)c2ccccc2)[C@@H](OC(=O)c2ccccc2)[C@@H]1OC(=O)c1ccccc1. The van der Waals surface area contributed by atoms with Gasteiger partial charge in [-0.1, -0.05) is 112 Å². The van der Waals surface area contributed by atoms with Gasteiger partial charge in [0.25, 0.3) is 0 Å². The van der Waals surface area contributed by atoms with E-state index in [1.54, 1.807) is 121 Å². The average molecular weight is 709 g/mol. The van der Waals surface area contributed by atoms with E-state index >= 15 is 0 Å². The minimum Gasteiger partial charge on any atom is -0.459 e. The highest BCUT2D eigenvalue weighted by atomic mass is 16.8. The lowest BCUT2D eigenvalue weighted by Crippen LogP contribution is -2.53. The molecule has 0 bridgehead atoms. The predicted molar refractivity (Wildman–Crippen MR) is 192 cm³/mol. The molecule has 10 heteroatoms. The molecule has 0 amide bonds. The molecule has 5 rings (SSSR count). The Kier molecular flexibility index (Phi) is 14.1. The summed E-state index contributed by atoms with van der Waals surface area (Å²) in [6.45, 7) is 1.34. The molecule has 4 atom stereocenters. The summed E-state index contributed by atoms with van der Waals surface area (Å²) < 4.78 is 36.7. The highest BCUT2D eigenvalue weighted by Gasteiger charge is 2.62. The minimum absolute atomic E-state index is 0.143. The minimum atomic E-state index is -1.95. The van der Waals surface area contributed by atoms with Gasteiger partial charge in [-0.2, -0.15) is 0 Å². The Labute approximate surface area is 303 Å². The van der Waals surface area contributed by atoms with Gasteiger partial charge in [0.1, 0.15) is 19.3 Å². The third-order valence-corrected chi connectivity index (χ3v) is 8.59. The summed E-state index contributed by atoms with van der Waals surface area (Å²) in [5.74, 6) is -4.75. The second-order valence-corrected chi connectivity index (χ2v) is 12.4. The smallest absolute Gasteiger partial charge is 0.338 e. The van der Waals surface area contributed by atoms with E-state index in [-0.39, 0.29) is 23.3 Å². The Bertz CT molecular complexity index is 1720. The molecular formula is C42H44O10. The Morgan fingerprint density at radius 2 is 1.00 bits per heavy atom. The maximum atomic E-state index is 13.7. The van der Waals surface area contributed by atoms with E-state index < -0.39 is 61.2 Å². The summed E-state index contributed by atoms with van der Waals surface area (Å²) in [6, 6.07) is 33.3. The molecule has 0 unspecified atom stereocenters. The van der Waals surface area contributed by atoms with Gasteiger partial charge in [0, 0.05) is 0 Å². The molecule has 0 radical (unpaired) electrons. The molecule has 0 aromatic heterocycles. The maximum Gasteiger partial charge on any atom is 0.338 e. The van der Waals surface area contributed by atoms with Crippen LogP contribution >= 0.6 is 0 Å². The van der Waals surface area contributed by atoms with Gasteiger partial charge in [0.2, 0.25) is 5.79 Å². The van der Waals surface area contributed by atoms with Crippen molar-refractivity contribution in [2.45, 2.75) is 69.5 Å². The van der Waals surface area contributed by atoms with E-state index in [1.165, 1.54) is 0 Å². The first-order valence-corrected chi connectivity index (χ1v) is 17.7. The average Bonchev–Trinajstić information content (AvgIpc) is 3.47. The van der Waals surface area contributed by atoms with Crippen LogP contribution in [0.1, 0.15) is 86.9 Å². The van der Waals surface area contributed by atoms with Gasteiger partial charge in [0.15, 0.2) is 12.2 Å². The van der Waals surface area contributed by atoms with Crippen LogP contribution in [-0.4, -0.2) is 67.8 Å². The molecule has 52 heavy (non-hydrogen) atoms. The Morgan fingerprint density at radius 3 is 1.52 bits per heavy atom. The molecule has 0 N–H and O–H groups in total. The molecule has 10 nitrogen and oxygen atoms in total. The molecule has 0 aliphatic carbocycles. The molecule has 4 aromatic carbocycles. The number of esters is 4. The third kappa shape index (κ3) is 10.4. The zero-order valence-corrected chi connectivity index (χ0v) is 29.2. The normalized spacial score (nSPS) is 19.4. The van der Waals surface area contributed by atoms with Crippen LogP contribution in [0.5, 0.6) is 0 Å². The molecule has 1 aliphatic heterocycles. The van der Waals surface area contributed by atoms with Gasteiger partial charge < -0.3 is 28.4 Å². The van der Waals surface area contributed by atoms with E-state index in [4.69, 9.17) is 28.4 Å². The number of unbranched alkanes of at least 4 members (excludes halogenated alkanes) is 5. The lowest BCUT2D eigenvalue weighted by atomic mass is 10.0. The predicted octanol–water partition coefficient (Wildman–Crippen LogP) is 7.62. The van der Waals surface area contributed by atoms with E-state index in [1.807, 2.05) is 0 Å². The van der Waals surface area contributed by atoms with Gasteiger partial charge in [-0.05, 0) is 55.0 Å². The number of benzene rings is 4. The van der Waals surface area contributed by atoms with Gasteiger partial charge in [0.05, 0.1) is 28.9 Å². The molecule has 1 aliphatic rings. The molecule has 1 fully saturated rings. The van der Waals surface area contributed by atoms with Crippen molar-refractivity contribution in [1.82, 2.24) is 0 Å².